The Morgan fingerprint density at radius 1 is 1.17 bits per heavy atom. The number of unbranched alkanes of at least 4 members (excludes halogenated alkanes) is 2. The zero-order chi connectivity index (χ0) is 31.7. The topological polar surface area (TPSA) is 164 Å². The molecular formula is C28H38F3N5O6. The Balaban J connectivity index is 1.79. The predicted octanol–water partition coefficient (Wildman–Crippen LogP) is 2.72. The first-order chi connectivity index (χ1) is 19.5. The van der Waals surface area contributed by atoms with Gasteiger partial charge in [0.05, 0.1) is 23.7 Å². The number of amides is 3. The molecule has 0 spiro atoms. The van der Waals surface area contributed by atoms with E-state index in [-0.39, 0.29) is 31.9 Å². The summed E-state index contributed by atoms with van der Waals surface area (Å²) in [5, 5.41) is 14.5. The molecule has 1 fully saturated rings. The van der Waals surface area contributed by atoms with Crippen LogP contribution in [0.25, 0.3) is 0 Å². The molecule has 1 aromatic carbocycles. The number of ether oxygens (including phenoxy) is 2. The van der Waals surface area contributed by atoms with E-state index < -0.39 is 64.6 Å². The summed E-state index contributed by atoms with van der Waals surface area (Å²) < 4.78 is 49.9. The SMILES string of the molecule is CC(=O)O[C@@H]1C[C@@H](C(N)=O)N(C(=O)[C@@H](NC(=O)COCCCCCNc2ccc(C#N)c(C(F)(F)F)c2)C(C)(C)C)C1. The van der Waals surface area contributed by atoms with E-state index in [0.717, 1.165) is 12.1 Å². The van der Waals surface area contributed by atoms with E-state index in [1.807, 2.05) is 0 Å². The number of esters is 1. The van der Waals surface area contributed by atoms with Gasteiger partial charge < -0.3 is 30.7 Å². The molecule has 1 aliphatic heterocycles. The molecule has 0 bridgehead atoms. The van der Waals surface area contributed by atoms with Crippen molar-refractivity contribution in [1.29, 1.82) is 5.26 Å². The zero-order valence-corrected chi connectivity index (χ0v) is 24.2. The van der Waals surface area contributed by atoms with Crippen molar-refractivity contribution in [3.05, 3.63) is 29.3 Å². The second-order valence-corrected chi connectivity index (χ2v) is 11.2. The van der Waals surface area contributed by atoms with Gasteiger partial charge >= 0.3 is 12.1 Å². The van der Waals surface area contributed by atoms with Gasteiger partial charge in [-0.3, -0.25) is 19.2 Å². The average molecular weight is 598 g/mol. The fourth-order valence-corrected chi connectivity index (χ4v) is 4.54. The van der Waals surface area contributed by atoms with Crippen LogP contribution in [0.4, 0.5) is 18.9 Å². The zero-order valence-electron chi connectivity index (χ0n) is 24.2. The Hall–Kier alpha value is -3.86. The highest BCUT2D eigenvalue weighted by Crippen LogP contribution is 2.33. The van der Waals surface area contributed by atoms with Gasteiger partial charge in [-0.2, -0.15) is 18.4 Å². The van der Waals surface area contributed by atoms with Crippen LogP contribution in [0.5, 0.6) is 0 Å². The number of alkyl halides is 3. The Morgan fingerprint density at radius 3 is 2.43 bits per heavy atom. The molecule has 1 aliphatic rings. The molecule has 232 valence electrons. The third-order valence-corrected chi connectivity index (χ3v) is 6.60. The summed E-state index contributed by atoms with van der Waals surface area (Å²) in [5.41, 5.74) is 3.59. The number of primary amides is 1. The predicted molar refractivity (Wildman–Crippen MR) is 146 cm³/mol. The highest BCUT2D eigenvalue weighted by Gasteiger charge is 2.45. The molecule has 0 aliphatic carbocycles. The molecule has 3 amide bonds. The van der Waals surface area contributed by atoms with Crippen LogP contribution in [-0.2, 0) is 34.8 Å². The smallest absolute Gasteiger partial charge is 0.417 e. The van der Waals surface area contributed by atoms with Crippen LogP contribution in [0.3, 0.4) is 0 Å². The summed E-state index contributed by atoms with van der Waals surface area (Å²) in [6, 6.07) is 3.02. The number of nitrogens with two attached hydrogens (primary N) is 1. The highest BCUT2D eigenvalue weighted by molar-refractivity contribution is 5.93. The van der Waals surface area contributed by atoms with Gasteiger partial charge in [-0.15, -0.1) is 0 Å². The van der Waals surface area contributed by atoms with Crippen LogP contribution in [-0.4, -0.2) is 73.1 Å². The van der Waals surface area contributed by atoms with Crippen molar-refractivity contribution in [1.82, 2.24) is 10.2 Å². The van der Waals surface area contributed by atoms with Crippen LogP contribution < -0.4 is 16.4 Å². The normalized spacial score (nSPS) is 17.7. The number of benzene rings is 1. The summed E-state index contributed by atoms with van der Waals surface area (Å²) >= 11 is 0. The Kier molecular flexibility index (Phi) is 12.1. The lowest BCUT2D eigenvalue weighted by Gasteiger charge is -2.35. The fourth-order valence-electron chi connectivity index (χ4n) is 4.54. The van der Waals surface area contributed by atoms with E-state index in [9.17, 15) is 32.3 Å². The first-order valence-electron chi connectivity index (χ1n) is 13.5. The number of carbonyl (C=O) groups excluding carboxylic acids is 4. The van der Waals surface area contributed by atoms with Crippen LogP contribution in [0, 0.1) is 16.7 Å². The standard InChI is InChI=1S/C28H38F3N5O6/c1-17(37)42-20-13-22(25(33)39)36(15-20)26(40)24(27(2,3)4)35-23(38)16-41-11-7-5-6-10-34-19-9-8-18(14-32)21(12-19)28(29,30)31/h8-9,12,20,22,24,34H,5-7,10-11,13,15-16H2,1-4H3,(H2,33,39)(H,35,38)/t20-,22+,24-/m1/s1. The van der Waals surface area contributed by atoms with Gasteiger partial charge in [0.2, 0.25) is 17.7 Å². The van der Waals surface area contributed by atoms with Crippen molar-refractivity contribution in [3.63, 3.8) is 0 Å². The Morgan fingerprint density at radius 2 is 1.86 bits per heavy atom. The van der Waals surface area contributed by atoms with E-state index in [4.69, 9.17) is 20.5 Å². The van der Waals surface area contributed by atoms with Gasteiger partial charge in [0.25, 0.3) is 0 Å². The van der Waals surface area contributed by atoms with E-state index in [1.54, 1.807) is 26.8 Å². The average Bonchev–Trinajstić information content (AvgIpc) is 3.30. The largest absolute Gasteiger partial charge is 0.461 e. The first-order valence-corrected chi connectivity index (χ1v) is 13.5. The molecule has 0 unspecified atom stereocenters. The number of hydrogen-bond donors (Lipinski definition) is 3. The van der Waals surface area contributed by atoms with Gasteiger partial charge in [0.15, 0.2) is 0 Å². The van der Waals surface area contributed by atoms with Crippen LogP contribution in [0.15, 0.2) is 18.2 Å². The monoisotopic (exact) mass is 597 g/mol. The summed E-state index contributed by atoms with van der Waals surface area (Å²) in [4.78, 5) is 50.6. The lowest BCUT2D eigenvalue weighted by Crippen LogP contribution is -2.57. The molecule has 0 aromatic heterocycles. The quantitative estimate of drug-likeness (QED) is 0.231. The van der Waals surface area contributed by atoms with Crippen molar-refractivity contribution in [2.45, 2.75) is 77.7 Å². The number of nitrogens with one attached hydrogen (secondary N) is 2. The minimum atomic E-state index is -4.62. The van der Waals surface area contributed by atoms with Crippen molar-refractivity contribution < 1.29 is 41.8 Å². The maximum atomic E-state index is 13.4. The maximum Gasteiger partial charge on any atom is 0.417 e. The molecule has 3 atom stereocenters. The Labute approximate surface area is 242 Å². The molecule has 1 aromatic rings. The van der Waals surface area contributed by atoms with E-state index in [0.29, 0.717) is 25.8 Å². The molecule has 1 saturated heterocycles. The molecule has 14 heteroatoms. The van der Waals surface area contributed by atoms with E-state index >= 15 is 0 Å². The number of halogens is 3. The molecule has 2 rings (SSSR count). The number of likely N-dealkylation sites (tertiary alicyclic amines) is 1. The number of rotatable bonds is 13. The molecule has 4 N–H and O–H groups in total. The van der Waals surface area contributed by atoms with Gasteiger partial charge in [0, 0.05) is 32.2 Å². The molecule has 0 radical (unpaired) electrons. The summed E-state index contributed by atoms with van der Waals surface area (Å²) in [7, 11) is 0. The maximum absolute atomic E-state index is 13.4. The first kappa shape index (κ1) is 34.3. The highest BCUT2D eigenvalue weighted by atomic mass is 19.4. The second kappa shape index (κ2) is 14.9. The Bertz CT molecular complexity index is 1180. The van der Waals surface area contributed by atoms with Crippen LogP contribution >= 0.6 is 0 Å². The lowest BCUT2D eigenvalue weighted by atomic mass is 9.85. The summed E-state index contributed by atoms with van der Waals surface area (Å²) in [6.45, 7) is 6.82. The third kappa shape index (κ3) is 10.2. The van der Waals surface area contributed by atoms with E-state index in [1.165, 1.54) is 17.9 Å². The summed E-state index contributed by atoms with van der Waals surface area (Å²) in [5.74, 6) is -2.33. The number of carbonyl (C=O) groups is 4. The van der Waals surface area contributed by atoms with Crippen LogP contribution in [0.1, 0.15) is 64.5 Å². The minimum absolute atomic E-state index is 0.0193. The molecular weight excluding hydrogens is 559 g/mol. The molecule has 11 nitrogen and oxygen atoms in total. The second-order valence-electron chi connectivity index (χ2n) is 11.2. The summed E-state index contributed by atoms with van der Waals surface area (Å²) in [6.07, 6.45) is -3.34. The third-order valence-electron chi connectivity index (χ3n) is 6.60. The molecule has 42 heavy (non-hydrogen) atoms. The molecule has 1 heterocycles. The van der Waals surface area contributed by atoms with E-state index in [2.05, 4.69) is 10.6 Å². The number of nitrogens with zero attached hydrogens (tertiary/aromatic N) is 2. The number of hydrogen-bond acceptors (Lipinski definition) is 8. The van der Waals surface area contributed by atoms with Crippen LogP contribution in [0.2, 0.25) is 0 Å². The van der Waals surface area contributed by atoms with Gasteiger partial charge in [0.1, 0.15) is 24.8 Å². The number of anilines is 1. The van der Waals surface area contributed by atoms with Crippen molar-refractivity contribution in [2.24, 2.45) is 11.1 Å². The van der Waals surface area contributed by atoms with Gasteiger partial charge in [-0.25, -0.2) is 0 Å². The van der Waals surface area contributed by atoms with Crippen molar-refractivity contribution in [2.75, 3.05) is 31.6 Å². The van der Waals surface area contributed by atoms with Crippen molar-refractivity contribution in [3.8, 4) is 6.07 Å². The van der Waals surface area contributed by atoms with Gasteiger partial charge in [-0.05, 0) is 42.9 Å². The molecule has 0 saturated carbocycles. The lowest BCUT2D eigenvalue weighted by molar-refractivity contribution is -0.147. The van der Waals surface area contributed by atoms with Crippen molar-refractivity contribution >= 4 is 29.4 Å². The minimum Gasteiger partial charge on any atom is -0.461 e. The number of nitriles is 1. The fraction of sp³-hybridized carbons (Fsp3) is 0.607. The van der Waals surface area contributed by atoms with Gasteiger partial charge in [-0.1, -0.05) is 20.8 Å².